The van der Waals surface area contributed by atoms with Crippen molar-refractivity contribution in [1.82, 2.24) is 52.2 Å². The van der Waals surface area contributed by atoms with Crippen LogP contribution in [0.25, 0.3) is 225 Å². The van der Waals surface area contributed by atoms with E-state index in [1.165, 1.54) is 185 Å². The predicted octanol–water partition coefficient (Wildman–Crippen LogP) is 29.9. The van der Waals surface area contributed by atoms with Gasteiger partial charge in [0.25, 0.3) is 0 Å². The van der Waals surface area contributed by atoms with E-state index in [0.717, 1.165) is 88.1 Å². The maximum atomic E-state index is 9.05. The Kier molecular flexibility index (Phi) is 22.2. The molecule has 0 saturated carbocycles. The molecule has 0 spiro atoms. The van der Waals surface area contributed by atoms with E-state index in [-0.39, 0.29) is 7.43 Å². The standard InChI is InChI=1S/C38H22N4.C29H16BrN3.C18H10IN.C12H8BrN.C12H9N.C9H8BNO2.CH4.BHNS/c1-4-12-33-26(8-1)25(17-19-39-33)23-15-16-36-30(20-23)29-11-7-18-40-38(29)41(36)24-21-31-27-9-2-5-13-34(27)42-35-14-6-3-10-28(35)32(22-24)37(31)42;30-17-11-12-27-22(14-17)21-8-5-13-31-29(21)32(27)18-15-23-19-6-1-3-9-25(19)33-26-10-4-2-7-20(26)24(16-18)28(23)33;19-11-9-14-12-5-1-3-7-16(12)20-17-8-4-2-6-13(17)15(10-11)18(14)20;13-9-4-3-8-6-12-10(11(8)7-9)2-1-5-14-12;1-2-5-10-9(4-1)8-12-11(10)6-3-7-13-12;12-10(13)8-5-6-11-9-4-2-1-3-7(8)9;;1-2-3/h1-22H;1-16H;1-10H;1-5,7H,6H2;1-7H,8H2;1-6,12-13H;1H4;3H. The topological polar surface area (TPSA) is 153 Å². The van der Waals surface area contributed by atoms with Gasteiger partial charge in [-0.15, -0.1) is 0 Å². The van der Waals surface area contributed by atoms with E-state index in [4.69, 9.17) is 20.0 Å². The zero-order chi connectivity index (χ0) is 92.5. The molecule has 0 aliphatic heterocycles. The number of hydrogen-bond acceptors (Lipinski definition) is 10. The van der Waals surface area contributed by atoms with E-state index in [0.29, 0.717) is 5.46 Å². The Bertz CT molecular complexity index is 9650. The molecule has 659 valence electrons. The molecule has 2 aliphatic rings. The average Bonchev–Trinajstić information content (AvgIpc) is 1.54. The van der Waals surface area contributed by atoms with Crippen LogP contribution in [-0.4, -0.2) is 77.0 Å². The first-order valence-corrected chi connectivity index (χ1v) is 48.5. The molecule has 14 aromatic heterocycles. The summed E-state index contributed by atoms with van der Waals surface area (Å²) in [6.07, 6.45) is 12.9. The molecule has 0 atom stereocenters. The Morgan fingerprint density at radius 2 is 0.647 bits per heavy atom. The molecule has 2 N–H and O–H groups in total. The first-order chi connectivity index (χ1) is 68.0. The quantitative estimate of drug-likeness (QED) is 0.0894. The van der Waals surface area contributed by atoms with Crippen LogP contribution in [0.3, 0.4) is 0 Å². The number of nitrogens with zero attached hydrogens (tertiary/aromatic N) is 12. The SMILES string of the molecule is Brc1ccc2c(c1)-c1cccnc1C2.Brc1ccc2c(c1)c1cccnc1n2-c1cc2c3ccccc3n3c4ccccc4c(c1)c23.C.Ic1cc2c3ccccc3n3c4ccccc4c(c1)c23.OB(O)c1ccnc2ccccc12.[B]=NS.c1ccc2c(-c3ccc4c(c3)c3cccnc3n4-c3cc4c5ccccc5n5c6ccccc6c(c3)c45)ccnc2c1.c1ccc2c(c1)Cc1ncccc1-2. The van der Waals surface area contributed by atoms with E-state index in [2.05, 4.69) is 431 Å². The minimum absolute atomic E-state index is 0. The number of aromatic nitrogens is 11. The van der Waals surface area contributed by atoms with Crippen molar-refractivity contribution in [3.05, 3.63) is 442 Å². The number of thiol groups is 1. The Morgan fingerprint density at radius 1 is 0.295 bits per heavy atom. The molecule has 31 rings (SSSR count). The van der Waals surface area contributed by atoms with Gasteiger partial charge in [0.1, 0.15) is 11.3 Å². The van der Waals surface area contributed by atoms with E-state index in [1.54, 1.807) is 12.3 Å². The largest absolute Gasteiger partial charge is 0.308 e. The van der Waals surface area contributed by atoms with Gasteiger partial charge in [0.2, 0.25) is 0 Å². The summed E-state index contributed by atoms with van der Waals surface area (Å²) in [4.78, 5) is 27.2. The third-order valence-electron chi connectivity index (χ3n) is 27.2. The van der Waals surface area contributed by atoms with Crippen molar-refractivity contribution < 1.29 is 10.0 Å². The second kappa shape index (κ2) is 35.6. The summed E-state index contributed by atoms with van der Waals surface area (Å²) in [5.41, 5.74) is 33.1. The minimum atomic E-state index is -1.44. The molecule has 0 bridgehead atoms. The van der Waals surface area contributed by atoms with Gasteiger partial charge in [0.05, 0.1) is 83.1 Å². The Balaban J connectivity index is 0.0000000958. The molecule has 1 radical (unpaired) electrons. The van der Waals surface area contributed by atoms with Gasteiger partial charge in [-0.25, -0.2) is 9.97 Å². The summed E-state index contributed by atoms with van der Waals surface area (Å²) < 4.78 is 18.1. The van der Waals surface area contributed by atoms with Gasteiger partial charge >= 0.3 is 31.9 Å². The number of fused-ring (bicyclic) bond motifs is 32. The third kappa shape index (κ3) is 14.5. The fraction of sp³-hybridized carbons (Fsp3) is 0.0252. The first-order valence-electron chi connectivity index (χ1n) is 45.4. The molecule has 0 amide bonds. The molecule has 14 heterocycles. The molecule has 20 heteroatoms. The van der Waals surface area contributed by atoms with Crippen molar-refractivity contribution in [3.8, 4) is 44.8 Å². The second-order valence-corrected chi connectivity index (χ2v) is 37.9. The van der Waals surface area contributed by atoms with Gasteiger partial charge in [-0.05, 0) is 243 Å². The Labute approximate surface area is 834 Å². The number of pyridine rings is 6. The van der Waals surface area contributed by atoms with Crippen LogP contribution in [0.5, 0.6) is 0 Å². The molecule has 2 aliphatic carbocycles. The van der Waals surface area contributed by atoms with Gasteiger partial charge in [-0.1, -0.05) is 233 Å². The Hall–Kier alpha value is -15.4. The normalized spacial score (nSPS) is 11.9. The summed E-state index contributed by atoms with van der Waals surface area (Å²) in [5.74, 6) is 0. The van der Waals surface area contributed by atoms with Gasteiger partial charge in [-0.2, -0.15) is 0 Å². The monoisotopic (exact) mass is 2050 g/mol. The molecule has 14 nitrogen and oxygen atoms in total. The van der Waals surface area contributed by atoms with E-state index in [9.17, 15) is 0 Å². The zero-order valence-corrected chi connectivity index (χ0v) is 79.8. The van der Waals surface area contributed by atoms with Crippen molar-refractivity contribution in [1.29, 1.82) is 0 Å². The first kappa shape index (κ1) is 86.5. The smallest absolute Gasteiger partial charge is 0.145 e. The number of benzene rings is 15. The molecule has 0 fully saturated rings. The van der Waals surface area contributed by atoms with Crippen molar-refractivity contribution in [3.63, 3.8) is 0 Å². The molecule has 29 aromatic rings. The van der Waals surface area contributed by atoms with Gasteiger partial charge < -0.3 is 23.3 Å². The van der Waals surface area contributed by atoms with Crippen LogP contribution in [0.1, 0.15) is 29.9 Å². The summed E-state index contributed by atoms with van der Waals surface area (Å²) in [5, 5.41) is 40.3. The number of para-hydroxylation sites is 8. The van der Waals surface area contributed by atoms with Crippen molar-refractivity contribution in [2.45, 2.75) is 20.3 Å². The molecule has 0 unspecified atom stereocenters. The van der Waals surface area contributed by atoms with Gasteiger partial charge in [-0.3, -0.25) is 29.1 Å². The Morgan fingerprint density at radius 3 is 1.13 bits per heavy atom. The zero-order valence-electron chi connectivity index (χ0n) is 73.6. The van der Waals surface area contributed by atoms with Crippen LogP contribution in [0.2, 0.25) is 0 Å². The maximum absolute atomic E-state index is 9.05. The predicted molar refractivity (Wildman–Crippen MR) is 597 cm³/mol. The van der Waals surface area contributed by atoms with E-state index >= 15 is 0 Å². The van der Waals surface area contributed by atoms with Crippen LogP contribution in [0, 0.1) is 3.57 Å². The van der Waals surface area contributed by atoms with Crippen LogP contribution in [0.15, 0.2) is 420 Å². The molecular weight excluding hydrogens is 1970 g/mol. The second-order valence-electron chi connectivity index (χ2n) is 34.6. The molecule has 15 aromatic carbocycles. The third-order valence-corrected chi connectivity index (χ3v) is 28.8. The fourth-order valence-corrected chi connectivity index (χ4v) is 22.8. The van der Waals surface area contributed by atoms with Crippen molar-refractivity contribution in [2.24, 2.45) is 4.30 Å². The summed E-state index contributed by atoms with van der Waals surface area (Å²) in [7, 11) is 2.90. The minimum Gasteiger partial charge on any atom is -0.308 e. The van der Waals surface area contributed by atoms with E-state index < -0.39 is 7.12 Å². The van der Waals surface area contributed by atoms with Crippen LogP contribution >= 0.6 is 67.3 Å². The summed E-state index contributed by atoms with van der Waals surface area (Å²) in [6.45, 7) is 0. The van der Waals surface area contributed by atoms with Gasteiger partial charge in [0, 0.05) is 177 Å². The van der Waals surface area contributed by atoms with E-state index in [1.807, 2.05) is 85.6 Å². The van der Waals surface area contributed by atoms with Crippen LogP contribution in [0.4, 0.5) is 0 Å². The average molecular weight is 2050 g/mol. The van der Waals surface area contributed by atoms with Crippen molar-refractivity contribution >= 4 is 267 Å². The summed E-state index contributed by atoms with van der Waals surface area (Å²) in [6, 6.07) is 131. The molecule has 0 saturated heterocycles. The van der Waals surface area contributed by atoms with Gasteiger partial charge in [0.15, 0.2) is 0 Å². The molecule has 139 heavy (non-hydrogen) atoms. The number of rotatable bonds is 4. The number of halogens is 3. The van der Waals surface area contributed by atoms with Crippen LogP contribution in [-0.2, 0) is 12.8 Å². The maximum Gasteiger partial charge on any atom is 0.145 e. The van der Waals surface area contributed by atoms with Crippen molar-refractivity contribution in [2.75, 3.05) is 0 Å². The summed E-state index contributed by atoms with van der Waals surface area (Å²) >= 11 is 12.8. The fourth-order valence-electron chi connectivity index (χ4n) is 21.5. The number of hydrogen-bond donors (Lipinski definition) is 3. The molecular formula is C119H78B2Br2IN12O2S. The van der Waals surface area contributed by atoms with Crippen LogP contribution < -0.4 is 5.46 Å².